The standard InChI is InChI=1S/C19H30N2O4S/c1-14(2)13-18(19(22)21-11-5-6-12-21)20-26(23,24)17-9-7-16(8-10-17)25-15(3)4/h7-10,14-15,18,20H,5-6,11-13H2,1-4H3/t18-/m1/s1. The van der Waals surface area contributed by atoms with Crippen LogP contribution in [0.1, 0.15) is 47.0 Å². The SMILES string of the molecule is CC(C)C[C@@H](NS(=O)(=O)c1ccc(OC(C)C)cc1)C(=O)N1CCCC1. The first kappa shape index (κ1) is 20.7. The second kappa shape index (κ2) is 8.86. The quantitative estimate of drug-likeness (QED) is 0.750. The van der Waals surface area contributed by atoms with Gasteiger partial charge < -0.3 is 9.64 Å². The molecule has 2 rings (SSSR count). The zero-order valence-electron chi connectivity index (χ0n) is 16.1. The number of hydrogen-bond donors (Lipinski definition) is 1. The molecule has 1 saturated heterocycles. The van der Waals surface area contributed by atoms with Gasteiger partial charge in [0, 0.05) is 13.1 Å². The fraction of sp³-hybridized carbons (Fsp3) is 0.632. The molecule has 146 valence electrons. The molecule has 1 heterocycles. The van der Waals surface area contributed by atoms with Crippen LogP contribution in [0, 0.1) is 5.92 Å². The van der Waals surface area contributed by atoms with Gasteiger partial charge in [-0.3, -0.25) is 4.79 Å². The minimum absolute atomic E-state index is 0.0177. The third-order valence-corrected chi connectivity index (χ3v) is 5.71. The van der Waals surface area contributed by atoms with Gasteiger partial charge in [-0.05, 0) is 63.3 Å². The maximum absolute atomic E-state index is 12.8. The molecule has 1 atom stereocenters. The van der Waals surface area contributed by atoms with E-state index in [1.807, 2.05) is 27.7 Å². The van der Waals surface area contributed by atoms with E-state index in [0.717, 1.165) is 12.8 Å². The molecule has 1 fully saturated rings. The van der Waals surface area contributed by atoms with Crippen molar-refractivity contribution in [3.63, 3.8) is 0 Å². The smallest absolute Gasteiger partial charge is 0.241 e. The van der Waals surface area contributed by atoms with Crippen LogP contribution in [0.4, 0.5) is 0 Å². The number of ether oxygens (including phenoxy) is 1. The average molecular weight is 383 g/mol. The summed E-state index contributed by atoms with van der Waals surface area (Å²) in [6.07, 6.45) is 2.45. The van der Waals surface area contributed by atoms with Gasteiger partial charge in [0.1, 0.15) is 11.8 Å². The molecule has 1 N–H and O–H groups in total. The van der Waals surface area contributed by atoms with Crippen LogP contribution in [-0.2, 0) is 14.8 Å². The Hall–Kier alpha value is -1.60. The van der Waals surface area contributed by atoms with Crippen LogP contribution in [0.2, 0.25) is 0 Å². The highest BCUT2D eigenvalue weighted by molar-refractivity contribution is 7.89. The summed E-state index contributed by atoms with van der Waals surface area (Å²) in [6.45, 7) is 9.19. The molecule has 1 aliphatic heterocycles. The predicted molar refractivity (Wildman–Crippen MR) is 102 cm³/mol. The molecule has 0 saturated carbocycles. The minimum atomic E-state index is -3.78. The largest absolute Gasteiger partial charge is 0.491 e. The van der Waals surface area contributed by atoms with Crippen molar-refractivity contribution in [1.82, 2.24) is 9.62 Å². The molecule has 0 bridgehead atoms. The van der Waals surface area contributed by atoms with E-state index < -0.39 is 16.1 Å². The van der Waals surface area contributed by atoms with Gasteiger partial charge in [-0.15, -0.1) is 0 Å². The highest BCUT2D eigenvalue weighted by Crippen LogP contribution is 2.19. The lowest BCUT2D eigenvalue weighted by atomic mass is 10.0. The Bertz CT molecular complexity index is 693. The van der Waals surface area contributed by atoms with Gasteiger partial charge in [-0.25, -0.2) is 8.42 Å². The van der Waals surface area contributed by atoms with Crippen molar-refractivity contribution < 1.29 is 17.9 Å². The third-order valence-electron chi connectivity index (χ3n) is 4.23. The topological polar surface area (TPSA) is 75.7 Å². The van der Waals surface area contributed by atoms with Gasteiger partial charge in [0.15, 0.2) is 0 Å². The van der Waals surface area contributed by atoms with Crippen molar-refractivity contribution in [3.05, 3.63) is 24.3 Å². The lowest BCUT2D eigenvalue weighted by Crippen LogP contribution is -2.48. The molecule has 0 unspecified atom stereocenters. The van der Waals surface area contributed by atoms with Crippen LogP contribution >= 0.6 is 0 Å². The predicted octanol–water partition coefficient (Wildman–Crippen LogP) is 2.79. The number of benzene rings is 1. The Morgan fingerprint density at radius 1 is 1.12 bits per heavy atom. The van der Waals surface area contributed by atoms with E-state index in [4.69, 9.17) is 4.74 Å². The van der Waals surface area contributed by atoms with Gasteiger partial charge in [-0.2, -0.15) is 4.72 Å². The number of carbonyl (C=O) groups excluding carboxylic acids is 1. The van der Waals surface area contributed by atoms with Crippen LogP contribution in [0.25, 0.3) is 0 Å². The number of hydrogen-bond acceptors (Lipinski definition) is 4. The van der Waals surface area contributed by atoms with Crippen molar-refractivity contribution in [1.29, 1.82) is 0 Å². The maximum Gasteiger partial charge on any atom is 0.241 e. The molecule has 0 aliphatic carbocycles. The Balaban J connectivity index is 2.15. The summed E-state index contributed by atoms with van der Waals surface area (Å²) in [5, 5.41) is 0. The number of amides is 1. The van der Waals surface area contributed by atoms with E-state index in [-0.39, 0.29) is 22.8 Å². The number of nitrogens with one attached hydrogen (secondary N) is 1. The molecule has 0 aromatic heterocycles. The maximum atomic E-state index is 12.8. The van der Waals surface area contributed by atoms with Gasteiger partial charge in [0.05, 0.1) is 11.0 Å². The summed E-state index contributed by atoms with van der Waals surface area (Å²) in [7, 11) is -3.78. The first-order valence-corrected chi connectivity index (χ1v) is 10.7. The fourth-order valence-electron chi connectivity index (χ4n) is 3.05. The third kappa shape index (κ3) is 5.71. The molecule has 1 aromatic rings. The molecule has 0 radical (unpaired) electrons. The number of sulfonamides is 1. The number of rotatable bonds is 8. The molecule has 1 aromatic carbocycles. The van der Waals surface area contributed by atoms with Crippen molar-refractivity contribution in [2.45, 2.75) is 64.0 Å². The van der Waals surface area contributed by atoms with Crippen LogP contribution in [0.15, 0.2) is 29.2 Å². The second-order valence-corrected chi connectivity index (χ2v) is 9.19. The summed E-state index contributed by atoms with van der Waals surface area (Å²) in [6, 6.07) is 5.55. The molecule has 26 heavy (non-hydrogen) atoms. The highest BCUT2D eigenvalue weighted by atomic mass is 32.2. The van der Waals surface area contributed by atoms with E-state index in [1.54, 1.807) is 17.0 Å². The molecule has 0 spiro atoms. The molecule has 6 nitrogen and oxygen atoms in total. The normalized spacial score (nSPS) is 16.3. The monoisotopic (exact) mass is 382 g/mol. The van der Waals surface area contributed by atoms with Crippen molar-refractivity contribution >= 4 is 15.9 Å². The van der Waals surface area contributed by atoms with Gasteiger partial charge in [0.2, 0.25) is 15.9 Å². The number of nitrogens with zero attached hydrogens (tertiary/aromatic N) is 1. The summed E-state index contributed by atoms with van der Waals surface area (Å²) in [5.74, 6) is 0.696. The summed E-state index contributed by atoms with van der Waals surface area (Å²) < 4.78 is 33.7. The zero-order valence-corrected chi connectivity index (χ0v) is 16.9. The molecule has 1 aliphatic rings. The van der Waals surface area contributed by atoms with Crippen LogP contribution < -0.4 is 9.46 Å². The van der Waals surface area contributed by atoms with E-state index in [9.17, 15) is 13.2 Å². The molecule has 1 amide bonds. The van der Waals surface area contributed by atoms with Crippen LogP contribution in [0.5, 0.6) is 5.75 Å². The number of likely N-dealkylation sites (tertiary alicyclic amines) is 1. The lowest BCUT2D eigenvalue weighted by Gasteiger charge is -2.25. The van der Waals surface area contributed by atoms with Crippen molar-refractivity contribution in [3.8, 4) is 5.75 Å². The zero-order chi connectivity index (χ0) is 19.3. The summed E-state index contributed by atoms with van der Waals surface area (Å²) >= 11 is 0. The van der Waals surface area contributed by atoms with Crippen LogP contribution in [-0.4, -0.2) is 44.5 Å². The van der Waals surface area contributed by atoms with E-state index in [2.05, 4.69) is 4.72 Å². The minimum Gasteiger partial charge on any atom is -0.491 e. The van der Waals surface area contributed by atoms with Crippen molar-refractivity contribution in [2.75, 3.05) is 13.1 Å². The molecular weight excluding hydrogens is 352 g/mol. The molecule has 7 heteroatoms. The Morgan fingerprint density at radius 2 is 1.69 bits per heavy atom. The Labute approximate surface area is 157 Å². The fourth-order valence-corrected chi connectivity index (χ4v) is 4.26. The van der Waals surface area contributed by atoms with Gasteiger partial charge in [0.25, 0.3) is 0 Å². The highest BCUT2D eigenvalue weighted by Gasteiger charge is 2.31. The van der Waals surface area contributed by atoms with E-state index >= 15 is 0 Å². The second-order valence-electron chi connectivity index (χ2n) is 7.47. The summed E-state index contributed by atoms with van der Waals surface area (Å²) in [4.78, 5) is 14.6. The Morgan fingerprint density at radius 3 is 2.19 bits per heavy atom. The number of carbonyl (C=O) groups is 1. The Kier molecular flexibility index (Phi) is 7.06. The lowest BCUT2D eigenvalue weighted by molar-refractivity contribution is -0.132. The molecular formula is C19H30N2O4S. The van der Waals surface area contributed by atoms with E-state index in [1.165, 1.54) is 12.1 Å². The van der Waals surface area contributed by atoms with Crippen LogP contribution in [0.3, 0.4) is 0 Å². The first-order chi connectivity index (χ1) is 12.2. The average Bonchev–Trinajstić information content (AvgIpc) is 3.07. The van der Waals surface area contributed by atoms with Crippen molar-refractivity contribution in [2.24, 2.45) is 5.92 Å². The summed E-state index contributed by atoms with van der Waals surface area (Å²) in [5.41, 5.74) is 0. The van der Waals surface area contributed by atoms with Gasteiger partial charge in [-0.1, -0.05) is 13.8 Å². The first-order valence-electron chi connectivity index (χ1n) is 9.27. The van der Waals surface area contributed by atoms with E-state index in [0.29, 0.717) is 25.3 Å². The van der Waals surface area contributed by atoms with Gasteiger partial charge >= 0.3 is 0 Å².